The van der Waals surface area contributed by atoms with Gasteiger partial charge in [0.2, 0.25) is 0 Å². The van der Waals surface area contributed by atoms with Gasteiger partial charge in [0.05, 0.1) is 11.1 Å². The summed E-state index contributed by atoms with van der Waals surface area (Å²) in [6.45, 7) is 1.69. The number of hydrogen-bond acceptors (Lipinski definition) is 3. The van der Waals surface area contributed by atoms with Gasteiger partial charge in [0.15, 0.2) is 5.65 Å². The van der Waals surface area contributed by atoms with Crippen molar-refractivity contribution in [2.45, 2.75) is 6.92 Å². The first-order valence-electron chi connectivity index (χ1n) is 6.27. The molecule has 2 heterocycles. The highest BCUT2D eigenvalue weighted by Crippen LogP contribution is 2.22. The Bertz CT molecular complexity index is 919. The lowest BCUT2D eigenvalue weighted by Gasteiger charge is -2.07. The van der Waals surface area contributed by atoms with Gasteiger partial charge in [-0.25, -0.2) is 18.7 Å². The molecule has 21 heavy (non-hydrogen) atoms. The van der Waals surface area contributed by atoms with Crippen LogP contribution in [0.2, 0.25) is 0 Å². The maximum absolute atomic E-state index is 13.8. The number of aryl methyl sites for hydroxylation is 1. The lowest BCUT2D eigenvalue weighted by molar-refractivity contribution is 0.585. The Morgan fingerprint density at radius 1 is 1.10 bits per heavy atom. The molecule has 0 saturated carbocycles. The molecule has 0 fully saturated rings. The molecule has 1 aromatic carbocycles. The highest BCUT2D eigenvalue weighted by Gasteiger charge is 2.11. The van der Waals surface area contributed by atoms with E-state index in [-0.39, 0.29) is 16.8 Å². The third-order valence-electron chi connectivity index (χ3n) is 3.37. The van der Waals surface area contributed by atoms with Crippen molar-refractivity contribution in [1.82, 2.24) is 14.5 Å². The third-order valence-corrected chi connectivity index (χ3v) is 3.37. The van der Waals surface area contributed by atoms with Gasteiger partial charge in [-0.3, -0.25) is 9.36 Å². The summed E-state index contributed by atoms with van der Waals surface area (Å²) in [6, 6.07) is 6.34. The second-order valence-corrected chi connectivity index (χ2v) is 4.72. The van der Waals surface area contributed by atoms with Crippen molar-refractivity contribution in [3.63, 3.8) is 0 Å². The summed E-state index contributed by atoms with van der Waals surface area (Å²) in [5.74, 6) is -0.848. The maximum Gasteiger partial charge on any atom is 0.262 e. The van der Waals surface area contributed by atoms with Crippen LogP contribution in [0.1, 0.15) is 5.82 Å². The summed E-state index contributed by atoms with van der Waals surface area (Å²) in [6.07, 6.45) is 0. The van der Waals surface area contributed by atoms with Crippen LogP contribution in [0.5, 0.6) is 0 Å². The van der Waals surface area contributed by atoms with Gasteiger partial charge in [-0.1, -0.05) is 0 Å². The van der Waals surface area contributed by atoms with E-state index in [4.69, 9.17) is 0 Å². The van der Waals surface area contributed by atoms with Crippen molar-refractivity contribution in [3.8, 4) is 11.3 Å². The van der Waals surface area contributed by atoms with Crippen LogP contribution in [0.4, 0.5) is 8.78 Å². The topological polar surface area (TPSA) is 47.8 Å². The molecular formula is C15H11F2N3O. The molecule has 0 amide bonds. The summed E-state index contributed by atoms with van der Waals surface area (Å²) in [7, 11) is 1.62. The number of aromatic nitrogens is 3. The fourth-order valence-corrected chi connectivity index (χ4v) is 2.10. The molecule has 0 aliphatic carbocycles. The maximum atomic E-state index is 13.8. The van der Waals surface area contributed by atoms with Crippen molar-refractivity contribution >= 4 is 11.0 Å². The van der Waals surface area contributed by atoms with Gasteiger partial charge in [-0.15, -0.1) is 0 Å². The second kappa shape index (κ2) is 4.73. The predicted octanol–water partition coefficient (Wildman–Crippen LogP) is 2.58. The average Bonchev–Trinajstić information content (AvgIpc) is 2.44. The van der Waals surface area contributed by atoms with E-state index >= 15 is 0 Å². The van der Waals surface area contributed by atoms with E-state index in [2.05, 4.69) is 9.97 Å². The zero-order chi connectivity index (χ0) is 15.1. The minimum atomic E-state index is -0.706. The van der Waals surface area contributed by atoms with Crippen molar-refractivity contribution in [2.24, 2.45) is 7.05 Å². The molecule has 0 atom stereocenters. The fourth-order valence-electron chi connectivity index (χ4n) is 2.10. The minimum absolute atomic E-state index is 0.165. The van der Waals surface area contributed by atoms with Crippen LogP contribution in [-0.2, 0) is 7.05 Å². The van der Waals surface area contributed by atoms with Crippen LogP contribution in [0.15, 0.2) is 35.1 Å². The number of halogens is 2. The van der Waals surface area contributed by atoms with Crippen molar-refractivity contribution < 1.29 is 8.78 Å². The minimum Gasteiger partial charge on any atom is -0.299 e. The molecule has 3 aromatic rings. The highest BCUT2D eigenvalue weighted by atomic mass is 19.1. The van der Waals surface area contributed by atoms with E-state index in [0.717, 1.165) is 12.1 Å². The number of rotatable bonds is 1. The van der Waals surface area contributed by atoms with E-state index < -0.39 is 11.6 Å². The first-order chi connectivity index (χ1) is 9.97. The first-order valence-corrected chi connectivity index (χ1v) is 6.27. The number of hydrogen-bond donors (Lipinski definition) is 0. The summed E-state index contributed by atoms with van der Waals surface area (Å²) in [4.78, 5) is 20.5. The molecule has 0 N–H and O–H groups in total. The highest BCUT2D eigenvalue weighted by molar-refractivity contribution is 5.77. The Hall–Kier alpha value is -2.63. The Balaban J connectivity index is 2.26. The molecule has 0 aliphatic rings. The monoisotopic (exact) mass is 287 g/mol. The molecule has 0 aliphatic heterocycles. The molecule has 0 radical (unpaired) electrons. The largest absolute Gasteiger partial charge is 0.299 e. The van der Waals surface area contributed by atoms with Gasteiger partial charge in [-0.2, -0.15) is 0 Å². The molecule has 106 valence electrons. The molecule has 0 bridgehead atoms. The Kier molecular flexibility index (Phi) is 3.01. The van der Waals surface area contributed by atoms with Crippen molar-refractivity contribution in [1.29, 1.82) is 0 Å². The summed E-state index contributed by atoms with van der Waals surface area (Å²) < 4.78 is 28.2. The van der Waals surface area contributed by atoms with Crippen LogP contribution in [0.25, 0.3) is 22.3 Å². The normalized spacial score (nSPS) is 11.0. The smallest absolute Gasteiger partial charge is 0.262 e. The number of fused-ring (bicyclic) bond motifs is 1. The van der Waals surface area contributed by atoms with Crippen molar-refractivity contribution in [3.05, 3.63) is 58.1 Å². The lowest BCUT2D eigenvalue weighted by atomic mass is 10.1. The zero-order valence-corrected chi connectivity index (χ0v) is 11.4. The third kappa shape index (κ3) is 2.18. The SMILES string of the molecule is Cc1nc2nc(-c3ccc(F)cc3F)ccc2c(=O)n1C. The number of nitrogens with zero attached hydrogens (tertiary/aromatic N) is 3. The van der Waals surface area contributed by atoms with Crippen LogP contribution in [0.3, 0.4) is 0 Å². The zero-order valence-electron chi connectivity index (χ0n) is 11.4. The summed E-state index contributed by atoms with van der Waals surface area (Å²) >= 11 is 0. The van der Waals surface area contributed by atoms with Crippen LogP contribution in [0, 0.1) is 18.6 Å². The van der Waals surface area contributed by atoms with Crippen LogP contribution >= 0.6 is 0 Å². The molecule has 3 rings (SSSR count). The number of pyridine rings is 1. The number of benzene rings is 1. The van der Waals surface area contributed by atoms with Gasteiger partial charge < -0.3 is 0 Å². The van der Waals surface area contributed by atoms with E-state index in [1.165, 1.54) is 16.7 Å². The van der Waals surface area contributed by atoms with Gasteiger partial charge in [0.1, 0.15) is 17.5 Å². The van der Waals surface area contributed by atoms with E-state index in [0.29, 0.717) is 16.9 Å². The van der Waals surface area contributed by atoms with Gasteiger partial charge in [0, 0.05) is 18.7 Å². The lowest BCUT2D eigenvalue weighted by Crippen LogP contribution is -2.21. The summed E-state index contributed by atoms with van der Waals surface area (Å²) in [5, 5.41) is 0.356. The molecule has 4 nitrogen and oxygen atoms in total. The standard InChI is InChI=1S/C15H11F2N3O/c1-8-18-14-11(15(21)20(8)2)5-6-13(19-14)10-4-3-9(16)7-12(10)17/h3-7H,1-2H3. The average molecular weight is 287 g/mol. The van der Waals surface area contributed by atoms with Gasteiger partial charge >= 0.3 is 0 Å². The van der Waals surface area contributed by atoms with E-state index in [1.54, 1.807) is 20.0 Å². The van der Waals surface area contributed by atoms with Gasteiger partial charge in [0.25, 0.3) is 5.56 Å². The summed E-state index contributed by atoms with van der Waals surface area (Å²) in [5.41, 5.74) is 0.506. The van der Waals surface area contributed by atoms with E-state index in [9.17, 15) is 13.6 Å². The Morgan fingerprint density at radius 2 is 1.86 bits per heavy atom. The molecule has 0 spiro atoms. The Labute approximate surface area is 118 Å². The molecule has 6 heteroatoms. The second-order valence-electron chi connectivity index (χ2n) is 4.72. The van der Waals surface area contributed by atoms with E-state index in [1.807, 2.05) is 0 Å². The molecule has 0 saturated heterocycles. The van der Waals surface area contributed by atoms with Crippen LogP contribution in [-0.4, -0.2) is 14.5 Å². The first kappa shape index (κ1) is 13.4. The van der Waals surface area contributed by atoms with Gasteiger partial charge in [-0.05, 0) is 31.2 Å². The van der Waals surface area contributed by atoms with Crippen LogP contribution < -0.4 is 5.56 Å². The van der Waals surface area contributed by atoms with Crippen molar-refractivity contribution in [2.75, 3.05) is 0 Å². The quantitative estimate of drug-likeness (QED) is 0.691. The predicted molar refractivity (Wildman–Crippen MR) is 74.9 cm³/mol. The molecule has 2 aromatic heterocycles. The fraction of sp³-hybridized carbons (Fsp3) is 0.133. The Morgan fingerprint density at radius 3 is 2.57 bits per heavy atom. The molecule has 0 unspecified atom stereocenters. The molecular weight excluding hydrogens is 276 g/mol.